The van der Waals surface area contributed by atoms with E-state index in [4.69, 9.17) is 9.47 Å². The van der Waals surface area contributed by atoms with Gasteiger partial charge in [0.25, 0.3) is 0 Å². The lowest BCUT2D eigenvalue weighted by molar-refractivity contribution is 0.00894. The van der Waals surface area contributed by atoms with Crippen molar-refractivity contribution in [2.24, 2.45) is 0 Å². The number of carboxylic acid groups (broad SMARTS) is 1. The molecule has 220 valence electrons. The number of hydrogen-bond acceptors (Lipinski definition) is 8. The first kappa shape index (κ1) is 28.0. The van der Waals surface area contributed by atoms with Gasteiger partial charge in [0, 0.05) is 11.1 Å². The number of rotatable bonds is 9. The Bertz CT molecular complexity index is 1630. The van der Waals surface area contributed by atoms with Crippen LogP contribution in [0.3, 0.4) is 0 Å². The first-order chi connectivity index (χ1) is 20.9. The molecule has 2 amide bonds. The van der Waals surface area contributed by atoms with Crippen molar-refractivity contribution in [2.75, 3.05) is 18.5 Å². The third-order valence-corrected chi connectivity index (χ3v) is 8.06. The van der Waals surface area contributed by atoms with Gasteiger partial charge in [-0.3, -0.25) is 5.32 Å². The molecule has 4 aromatic rings. The Morgan fingerprint density at radius 1 is 0.953 bits per heavy atom. The average molecular weight is 584 g/mol. The zero-order chi connectivity index (χ0) is 29.8. The van der Waals surface area contributed by atoms with E-state index in [0.29, 0.717) is 17.2 Å². The number of hydrogen-bond donors (Lipinski definition) is 3. The lowest BCUT2D eigenvalue weighted by atomic mass is 9.98. The van der Waals surface area contributed by atoms with Gasteiger partial charge in [0.1, 0.15) is 37.1 Å². The molecule has 12 heteroatoms. The Kier molecular flexibility index (Phi) is 7.84. The van der Waals surface area contributed by atoms with Crippen LogP contribution in [0, 0.1) is 0 Å². The van der Waals surface area contributed by atoms with Gasteiger partial charge in [-0.15, -0.1) is 10.2 Å². The third-order valence-electron chi connectivity index (χ3n) is 8.06. The Morgan fingerprint density at radius 3 is 2.44 bits per heavy atom. The number of nitrogens with one attached hydrogen (secondary N) is 2. The van der Waals surface area contributed by atoms with Crippen molar-refractivity contribution in [3.63, 3.8) is 0 Å². The Hall–Kier alpha value is -5.10. The van der Waals surface area contributed by atoms with Crippen molar-refractivity contribution in [1.29, 1.82) is 0 Å². The Balaban J connectivity index is 1.28. The molecule has 0 spiro atoms. The lowest BCUT2D eigenvalue weighted by Gasteiger charge is -2.31. The number of anilines is 1. The van der Waals surface area contributed by atoms with Crippen LogP contribution in [0.1, 0.15) is 48.0 Å². The molecule has 0 bridgehead atoms. The predicted octanol–water partition coefficient (Wildman–Crippen LogP) is 5.77. The van der Waals surface area contributed by atoms with E-state index in [0.717, 1.165) is 54.4 Å². The van der Waals surface area contributed by atoms with E-state index < -0.39 is 18.2 Å². The van der Waals surface area contributed by atoms with Crippen molar-refractivity contribution in [2.45, 2.75) is 44.8 Å². The van der Waals surface area contributed by atoms with Crippen LogP contribution in [0.5, 0.6) is 0 Å². The maximum absolute atomic E-state index is 13.7. The van der Waals surface area contributed by atoms with Crippen molar-refractivity contribution >= 4 is 29.5 Å². The van der Waals surface area contributed by atoms with Gasteiger partial charge in [-0.2, -0.15) is 9.70 Å². The van der Waals surface area contributed by atoms with Crippen LogP contribution < -0.4 is 9.80 Å². The lowest BCUT2D eigenvalue weighted by Crippen LogP contribution is -2.54. The number of aromatic amines is 1. The van der Waals surface area contributed by atoms with Gasteiger partial charge in [0.2, 0.25) is 5.82 Å². The standard InChI is InChI=1S/C31H30N6O6/c38-29(39)25-11-6-12-26-27(25)37(30(40)32-26,17-18-42-31(41)43-22-7-2-1-3-8-22)19-20-13-15-21(16-14-20)23-9-4-5-10-24(23)28-33-35-36-34-28/h4-6,9-16,22H,1-3,7-8,17-19H2,(H2-,32,33,34,35,36,38,39,40)/p+1. The minimum atomic E-state index is -1.15. The first-order valence-electron chi connectivity index (χ1n) is 14.3. The molecule has 1 aliphatic heterocycles. The van der Waals surface area contributed by atoms with Crippen LogP contribution in [0.2, 0.25) is 0 Å². The number of aromatic carboxylic acids is 1. The minimum absolute atomic E-state index is 0.00583. The smallest absolute Gasteiger partial charge is 0.477 e. The fraction of sp³-hybridized carbons (Fsp3) is 0.290. The van der Waals surface area contributed by atoms with E-state index >= 15 is 0 Å². The number of ether oxygens (including phenoxy) is 2. The molecule has 2 aliphatic rings. The molecule has 6 rings (SSSR count). The highest BCUT2D eigenvalue weighted by Crippen LogP contribution is 2.43. The highest BCUT2D eigenvalue weighted by molar-refractivity contribution is 6.13. The van der Waals surface area contributed by atoms with Crippen molar-refractivity contribution in [1.82, 2.24) is 25.1 Å². The first-order valence-corrected chi connectivity index (χ1v) is 14.3. The van der Waals surface area contributed by atoms with Crippen molar-refractivity contribution in [3.8, 4) is 22.5 Å². The molecule has 3 N–H and O–H groups in total. The maximum atomic E-state index is 13.7. The van der Waals surface area contributed by atoms with Crippen LogP contribution in [0.25, 0.3) is 22.5 Å². The fourth-order valence-electron chi connectivity index (χ4n) is 5.99. The summed E-state index contributed by atoms with van der Waals surface area (Å²) in [5.41, 5.74) is 4.16. The summed E-state index contributed by atoms with van der Waals surface area (Å²) in [5.74, 6) is -0.681. The molecule has 1 fully saturated rings. The molecule has 1 aliphatic carbocycles. The minimum Gasteiger partial charge on any atom is -0.477 e. The van der Waals surface area contributed by atoms with E-state index in [1.54, 1.807) is 12.1 Å². The summed E-state index contributed by atoms with van der Waals surface area (Å²) in [6.07, 6.45) is 3.82. The summed E-state index contributed by atoms with van der Waals surface area (Å²) in [5, 5.41) is 27.2. The van der Waals surface area contributed by atoms with Gasteiger partial charge in [-0.25, -0.2) is 14.4 Å². The van der Waals surface area contributed by atoms with Crippen LogP contribution in [-0.4, -0.2) is 63.1 Å². The highest BCUT2D eigenvalue weighted by Gasteiger charge is 2.50. The second-order valence-electron chi connectivity index (χ2n) is 10.7. The molecule has 0 radical (unpaired) electrons. The Labute approximate surface area is 247 Å². The van der Waals surface area contributed by atoms with Gasteiger partial charge < -0.3 is 14.6 Å². The maximum Gasteiger partial charge on any atom is 0.508 e. The molecule has 3 aromatic carbocycles. The molecule has 1 saturated carbocycles. The number of para-hydroxylation sites is 1. The number of carboxylic acids is 1. The summed E-state index contributed by atoms with van der Waals surface area (Å²) < 4.78 is 10.5. The Morgan fingerprint density at radius 2 is 1.72 bits per heavy atom. The summed E-state index contributed by atoms with van der Waals surface area (Å²) in [7, 11) is 0. The van der Waals surface area contributed by atoms with Crippen molar-refractivity contribution < 1.29 is 29.0 Å². The zero-order valence-corrected chi connectivity index (χ0v) is 23.4. The summed E-state index contributed by atoms with van der Waals surface area (Å²) in [6.45, 7) is 0.0186. The fourth-order valence-corrected chi connectivity index (χ4v) is 5.99. The number of aromatic nitrogens is 4. The largest absolute Gasteiger partial charge is 0.508 e. The van der Waals surface area contributed by atoms with Gasteiger partial charge in [0.15, 0.2) is 5.69 Å². The highest BCUT2D eigenvalue weighted by atomic mass is 16.7. The molecular weight excluding hydrogens is 552 g/mol. The van der Waals surface area contributed by atoms with Gasteiger partial charge in [-0.05, 0) is 54.2 Å². The number of H-pyrrole nitrogens is 1. The predicted molar refractivity (Wildman–Crippen MR) is 157 cm³/mol. The topological polar surface area (TPSA) is 156 Å². The van der Waals surface area contributed by atoms with Gasteiger partial charge in [0.05, 0.1) is 0 Å². The number of nitrogens with zero attached hydrogens (tertiary/aromatic N) is 4. The molecule has 1 aromatic heterocycles. The normalized spacial score (nSPS) is 18.1. The molecule has 1 atom stereocenters. The quantitative estimate of drug-likeness (QED) is 0.164. The molecular formula is C31H31N6O6+. The van der Waals surface area contributed by atoms with Crippen molar-refractivity contribution in [3.05, 3.63) is 77.9 Å². The zero-order valence-electron chi connectivity index (χ0n) is 23.4. The molecule has 1 unspecified atom stereocenters. The number of fused-ring (bicyclic) bond motifs is 1. The third kappa shape index (κ3) is 5.69. The SMILES string of the molecule is O=C(OCC[N+]1(Cc2ccc(-c3ccccc3-c3nn[nH]n3)cc2)C(=O)Nc2cccc(C(=O)O)c21)OC1CCCCC1. The number of carbonyl (C=O) groups excluding carboxylic acids is 2. The van der Waals surface area contributed by atoms with E-state index in [9.17, 15) is 19.5 Å². The van der Waals surface area contributed by atoms with Gasteiger partial charge in [-0.1, -0.05) is 61.0 Å². The monoisotopic (exact) mass is 583 g/mol. The number of carbonyl (C=O) groups is 3. The molecule has 2 heterocycles. The molecule has 12 nitrogen and oxygen atoms in total. The number of urea groups is 1. The number of quaternary nitrogens is 1. The van der Waals surface area contributed by atoms with Gasteiger partial charge >= 0.3 is 18.2 Å². The molecule has 43 heavy (non-hydrogen) atoms. The van der Waals surface area contributed by atoms with Crippen LogP contribution >= 0.6 is 0 Å². The van der Waals surface area contributed by atoms with E-state index in [1.807, 2.05) is 48.5 Å². The number of tetrazole rings is 1. The van der Waals surface area contributed by atoms with E-state index in [-0.39, 0.29) is 35.8 Å². The summed E-state index contributed by atoms with van der Waals surface area (Å²) in [6, 6.07) is 19.7. The molecule has 0 saturated heterocycles. The number of amides is 2. The van der Waals surface area contributed by atoms with Crippen LogP contribution in [-0.2, 0) is 16.0 Å². The van der Waals surface area contributed by atoms with E-state index in [1.165, 1.54) is 6.07 Å². The number of benzene rings is 3. The summed E-state index contributed by atoms with van der Waals surface area (Å²) >= 11 is 0. The second-order valence-corrected chi connectivity index (χ2v) is 10.7. The summed E-state index contributed by atoms with van der Waals surface area (Å²) in [4.78, 5) is 38.4. The second kappa shape index (κ2) is 12.0. The van der Waals surface area contributed by atoms with Crippen LogP contribution in [0.15, 0.2) is 66.7 Å². The van der Waals surface area contributed by atoms with E-state index in [2.05, 4.69) is 25.9 Å². The van der Waals surface area contributed by atoms with Crippen LogP contribution in [0.4, 0.5) is 21.0 Å². The average Bonchev–Trinajstić information content (AvgIpc) is 3.65.